The Balaban J connectivity index is 2.31. The monoisotopic (exact) mass is 469 g/mol. The third-order valence-electron chi connectivity index (χ3n) is 6.57. The van der Waals surface area contributed by atoms with Gasteiger partial charge in [-0.15, -0.1) is 0 Å². The molecule has 0 N–H and O–H groups in total. The summed E-state index contributed by atoms with van der Waals surface area (Å²) in [6.07, 6.45) is 3.76. The molecule has 0 bridgehead atoms. The van der Waals surface area contributed by atoms with Crippen molar-refractivity contribution in [1.82, 2.24) is 0 Å². The number of hydrogen-bond donors (Lipinski definition) is 0. The number of hydrogen-bond acceptors (Lipinski definition) is 1. The Morgan fingerprint density at radius 3 is 1.76 bits per heavy atom. The first-order valence-corrected chi connectivity index (χ1v) is 12.8. The van der Waals surface area contributed by atoms with Crippen molar-refractivity contribution >= 4 is 5.69 Å². The summed E-state index contributed by atoms with van der Waals surface area (Å²) in [5.74, 6) is 0. The Hall–Kier alpha value is -2.49. The van der Waals surface area contributed by atoms with Crippen LogP contribution in [0.25, 0.3) is 0 Å². The maximum atomic E-state index is 13.3. The zero-order valence-corrected chi connectivity index (χ0v) is 21.0. The van der Waals surface area contributed by atoms with E-state index in [9.17, 15) is 13.2 Å². The van der Waals surface area contributed by atoms with E-state index in [1.807, 2.05) is 18.2 Å². The summed E-state index contributed by atoms with van der Waals surface area (Å²) in [5.41, 5.74) is 7.06. The van der Waals surface area contributed by atoms with E-state index in [1.54, 1.807) is 12.1 Å². The summed E-state index contributed by atoms with van der Waals surface area (Å²) < 4.78 is 40.0. The number of allylic oxidation sites excluding steroid dienone is 3. The van der Waals surface area contributed by atoms with Gasteiger partial charge >= 0.3 is 6.18 Å². The molecule has 2 aromatic carbocycles. The van der Waals surface area contributed by atoms with Gasteiger partial charge in [0.25, 0.3) is 0 Å². The number of benzene rings is 2. The molecule has 0 amide bonds. The van der Waals surface area contributed by atoms with E-state index in [0.717, 1.165) is 62.6 Å². The molecule has 0 fully saturated rings. The molecule has 0 aromatic heterocycles. The first kappa shape index (κ1) is 26.1. The van der Waals surface area contributed by atoms with Gasteiger partial charge in [0.05, 0.1) is 11.6 Å². The summed E-state index contributed by atoms with van der Waals surface area (Å²) in [6.45, 7) is 8.85. The second-order valence-corrected chi connectivity index (χ2v) is 9.16. The van der Waals surface area contributed by atoms with Crippen LogP contribution in [0.1, 0.15) is 96.2 Å². The highest BCUT2D eigenvalue weighted by molar-refractivity contribution is 5.64. The van der Waals surface area contributed by atoms with E-state index in [4.69, 9.17) is 0 Å². The lowest BCUT2D eigenvalue weighted by atomic mass is 9.78. The Kier molecular flexibility index (Phi) is 9.04. The molecule has 1 unspecified atom stereocenters. The van der Waals surface area contributed by atoms with Crippen LogP contribution in [0.2, 0.25) is 0 Å². The quantitative estimate of drug-likeness (QED) is 0.334. The molecule has 0 saturated heterocycles. The average Bonchev–Trinajstić information content (AvgIpc) is 2.82. The molecular weight excluding hydrogens is 431 g/mol. The highest BCUT2D eigenvalue weighted by Crippen LogP contribution is 2.48. The first-order valence-electron chi connectivity index (χ1n) is 12.8. The number of alkyl halides is 3. The number of rotatable bonds is 10. The van der Waals surface area contributed by atoms with Crippen LogP contribution in [0.4, 0.5) is 18.9 Å². The maximum absolute atomic E-state index is 13.3. The molecule has 1 aliphatic heterocycles. The van der Waals surface area contributed by atoms with Gasteiger partial charge in [0.15, 0.2) is 0 Å². The predicted molar refractivity (Wildman–Crippen MR) is 137 cm³/mol. The van der Waals surface area contributed by atoms with E-state index < -0.39 is 11.7 Å². The van der Waals surface area contributed by atoms with Gasteiger partial charge in [0.2, 0.25) is 0 Å². The lowest BCUT2D eigenvalue weighted by molar-refractivity contribution is -0.137. The predicted octanol–water partition coefficient (Wildman–Crippen LogP) is 10.0. The molecule has 0 saturated carbocycles. The minimum atomic E-state index is -4.33. The van der Waals surface area contributed by atoms with Crippen molar-refractivity contribution in [2.45, 2.75) is 91.3 Å². The Bertz CT molecular complexity index is 984. The van der Waals surface area contributed by atoms with Gasteiger partial charge in [0, 0.05) is 11.4 Å². The molecule has 1 nitrogen and oxygen atoms in total. The van der Waals surface area contributed by atoms with Crippen LogP contribution in [0.15, 0.2) is 77.0 Å². The number of anilines is 1. The Labute approximate surface area is 203 Å². The lowest BCUT2D eigenvalue weighted by Crippen LogP contribution is -2.35. The minimum Gasteiger partial charge on any atom is -0.334 e. The van der Waals surface area contributed by atoms with E-state index in [1.165, 1.54) is 34.5 Å². The maximum Gasteiger partial charge on any atom is 0.416 e. The van der Waals surface area contributed by atoms with Gasteiger partial charge < -0.3 is 4.90 Å². The molecule has 4 heteroatoms. The zero-order valence-electron chi connectivity index (χ0n) is 21.0. The van der Waals surface area contributed by atoms with Crippen molar-refractivity contribution in [2.75, 3.05) is 4.90 Å². The largest absolute Gasteiger partial charge is 0.416 e. The molecule has 34 heavy (non-hydrogen) atoms. The van der Waals surface area contributed by atoms with Crippen LogP contribution in [-0.2, 0) is 6.18 Å². The fraction of sp³-hybridized carbons (Fsp3) is 0.467. The molecule has 184 valence electrons. The van der Waals surface area contributed by atoms with Crippen LogP contribution in [0, 0.1) is 0 Å². The molecule has 0 radical (unpaired) electrons. The van der Waals surface area contributed by atoms with Gasteiger partial charge in [0.1, 0.15) is 0 Å². The van der Waals surface area contributed by atoms with E-state index in [2.05, 4.69) is 44.7 Å². The van der Waals surface area contributed by atoms with Crippen molar-refractivity contribution in [3.8, 4) is 0 Å². The van der Waals surface area contributed by atoms with E-state index in [-0.39, 0.29) is 6.04 Å². The topological polar surface area (TPSA) is 3.24 Å². The van der Waals surface area contributed by atoms with Crippen LogP contribution < -0.4 is 4.90 Å². The molecule has 3 rings (SSSR count). The second-order valence-electron chi connectivity index (χ2n) is 9.16. The zero-order chi connectivity index (χ0) is 24.7. The van der Waals surface area contributed by atoms with Gasteiger partial charge in [-0.3, -0.25) is 0 Å². The van der Waals surface area contributed by atoms with Crippen LogP contribution in [0.5, 0.6) is 0 Å². The van der Waals surface area contributed by atoms with Gasteiger partial charge in [-0.1, -0.05) is 83.7 Å². The molecule has 1 atom stereocenters. The van der Waals surface area contributed by atoms with Gasteiger partial charge in [-0.05, 0) is 72.2 Å². The molecule has 0 spiro atoms. The van der Waals surface area contributed by atoms with Crippen molar-refractivity contribution in [2.24, 2.45) is 0 Å². The standard InChI is InChI=1S/C30H38F3N/c1-5-12-25-26(13-6-2)28(15-8-4)34(24-16-10-9-11-17-24)29(27(25)14-7-3)22-18-20-23(21-19-22)30(31,32)33/h9-11,16-21,29H,5-8,12-15H2,1-4H3. The number of nitrogens with zero attached hydrogens (tertiary/aromatic N) is 1. The first-order chi connectivity index (χ1) is 16.4. The fourth-order valence-electron chi connectivity index (χ4n) is 5.26. The van der Waals surface area contributed by atoms with E-state index >= 15 is 0 Å². The highest BCUT2D eigenvalue weighted by Gasteiger charge is 2.36. The Morgan fingerprint density at radius 1 is 0.676 bits per heavy atom. The minimum absolute atomic E-state index is 0.0895. The van der Waals surface area contributed by atoms with Crippen LogP contribution in [-0.4, -0.2) is 0 Å². The number of halogens is 3. The van der Waals surface area contributed by atoms with Crippen molar-refractivity contribution in [1.29, 1.82) is 0 Å². The third kappa shape index (κ3) is 5.59. The summed E-state index contributed by atoms with van der Waals surface area (Å²) in [6, 6.07) is 16.2. The molecular formula is C30H38F3N. The summed E-state index contributed by atoms with van der Waals surface area (Å²) >= 11 is 0. The summed E-state index contributed by atoms with van der Waals surface area (Å²) in [7, 11) is 0. The van der Waals surface area contributed by atoms with Crippen molar-refractivity contribution in [3.63, 3.8) is 0 Å². The van der Waals surface area contributed by atoms with Gasteiger partial charge in [-0.25, -0.2) is 0 Å². The number of para-hydroxylation sites is 1. The van der Waals surface area contributed by atoms with Crippen molar-refractivity contribution < 1.29 is 13.2 Å². The SMILES string of the molecule is CCCC1=C(CCC)C(c2ccc(C(F)(F)F)cc2)N(c2ccccc2)C(CCC)=C1CCC. The smallest absolute Gasteiger partial charge is 0.334 e. The summed E-state index contributed by atoms with van der Waals surface area (Å²) in [4.78, 5) is 2.43. The molecule has 0 aliphatic carbocycles. The van der Waals surface area contributed by atoms with Crippen LogP contribution >= 0.6 is 0 Å². The second kappa shape index (κ2) is 11.8. The normalized spacial score (nSPS) is 17.0. The summed E-state index contributed by atoms with van der Waals surface area (Å²) in [5, 5.41) is 0. The lowest BCUT2D eigenvalue weighted by Gasteiger charge is -2.44. The van der Waals surface area contributed by atoms with Gasteiger partial charge in [-0.2, -0.15) is 13.2 Å². The third-order valence-corrected chi connectivity index (χ3v) is 6.57. The average molecular weight is 470 g/mol. The fourth-order valence-corrected chi connectivity index (χ4v) is 5.26. The molecule has 1 heterocycles. The highest BCUT2D eigenvalue weighted by atomic mass is 19.4. The van der Waals surface area contributed by atoms with E-state index in [0.29, 0.717) is 0 Å². The van der Waals surface area contributed by atoms with Crippen LogP contribution in [0.3, 0.4) is 0 Å². The Morgan fingerprint density at radius 2 is 1.24 bits per heavy atom. The van der Waals surface area contributed by atoms with Crippen molar-refractivity contribution in [3.05, 3.63) is 88.1 Å². The molecule has 2 aromatic rings. The molecule has 1 aliphatic rings.